The third kappa shape index (κ3) is 4.33. The summed E-state index contributed by atoms with van der Waals surface area (Å²) in [5, 5.41) is 13.3. The Balaban J connectivity index is 1.67. The number of aliphatic carboxylic acids is 1. The average Bonchev–Trinajstić information content (AvgIpc) is 3.40. The minimum Gasteiger partial charge on any atom is -0.479 e. The maximum Gasteiger partial charge on any atom is 0.373 e. The number of methoxy groups -OCH3 is 1. The van der Waals surface area contributed by atoms with Crippen LogP contribution in [0.1, 0.15) is 28.8 Å². The summed E-state index contributed by atoms with van der Waals surface area (Å²) >= 11 is 0. The van der Waals surface area contributed by atoms with Crippen molar-refractivity contribution in [2.45, 2.75) is 19.6 Å². The fraction of sp³-hybridized carbons (Fsp3) is 0.167. The molecular formula is C24H20N2O8. The van der Waals surface area contributed by atoms with Gasteiger partial charge in [-0.1, -0.05) is 30.3 Å². The highest BCUT2D eigenvalue weighted by Gasteiger charge is 2.35. The van der Waals surface area contributed by atoms with Crippen LogP contribution in [0.25, 0.3) is 16.8 Å². The molecule has 0 aliphatic carbocycles. The van der Waals surface area contributed by atoms with Crippen LogP contribution in [0.15, 0.2) is 58.6 Å². The van der Waals surface area contributed by atoms with Crippen LogP contribution in [0.4, 0.5) is 4.79 Å². The van der Waals surface area contributed by atoms with Crippen molar-refractivity contribution < 1.29 is 38.2 Å². The summed E-state index contributed by atoms with van der Waals surface area (Å²) < 4.78 is 15.5. The Morgan fingerprint density at radius 1 is 1.15 bits per heavy atom. The monoisotopic (exact) mass is 464 g/mol. The molecule has 1 aliphatic heterocycles. The van der Waals surface area contributed by atoms with Crippen LogP contribution >= 0.6 is 0 Å². The van der Waals surface area contributed by atoms with Crippen molar-refractivity contribution in [2.75, 3.05) is 7.11 Å². The highest BCUT2D eigenvalue weighted by Crippen LogP contribution is 2.32. The number of fused-ring (bicyclic) bond motifs is 1. The van der Waals surface area contributed by atoms with Gasteiger partial charge in [0.15, 0.2) is 6.10 Å². The molecule has 2 aromatic carbocycles. The number of imide groups is 1. The van der Waals surface area contributed by atoms with Gasteiger partial charge in [-0.2, -0.15) is 0 Å². The third-order valence-corrected chi connectivity index (χ3v) is 5.20. The Kier molecular flexibility index (Phi) is 6.05. The van der Waals surface area contributed by atoms with Crippen molar-refractivity contribution in [3.8, 4) is 5.75 Å². The first-order valence-corrected chi connectivity index (χ1v) is 10.2. The number of hydrogen-bond acceptors (Lipinski definition) is 7. The van der Waals surface area contributed by atoms with E-state index in [1.54, 1.807) is 24.3 Å². The van der Waals surface area contributed by atoms with Crippen molar-refractivity contribution in [1.29, 1.82) is 0 Å². The van der Waals surface area contributed by atoms with Crippen LogP contribution < -0.4 is 10.1 Å². The Morgan fingerprint density at radius 3 is 2.65 bits per heavy atom. The first kappa shape index (κ1) is 22.6. The smallest absolute Gasteiger partial charge is 0.373 e. The van der Waals surface area contributed by atoms with Crippen molar-refractivity contribution in [3.63, 3.8) is 0 Å². The van der Waals surface area contributed by atoms with Crippen molar-refractivity contribution in [2.24, 2.45) is 0 Å². The maximum atomic E-state index is 13.0. The van der Waals surface area contributed by atoms with Gasteiger partial charge in [0.2, 0.25) is 5.76 Å². The Morgan fingerprint density at radius 2 is 1.91 bits per heavy atom. The molecule has 1 aromatic heterocycles. The number of esters is 1. The largest absolute Gasteiger partial charge is 0.479 e. The van der Waals surface area contributed by atoms with Gasteiger partial charge < -0.3 is 24.3 Å². The molecule has 1 aliphatic rings. The molecular weight excluding hydrogens is 444 g/mol. The molecule has 174 valence electrons. The molecule has 0 radical (unpaired) electrons. The lowest BCUT2D eigenvalue weighted by atomic mass is 10.0. The second-order valence-electron chi connectivity index (χ2n) is 7.43. The second kappa shape index (κ2) is 9.10. The molecule has 0 unspecified atom stereocenters. The summed E-state index contributed by atoms with van der Waals surface area (Å²) in [5.41, 5.74) is 0.427. The zero-order chi connectivity index (χ0) is 24.4. The predicted molar refractivity (Wildman–Crippen MR) is 119 cm³/mol. The van der Waals surface area contributed by atoms with E-state index in [9.17, 15) is 24.3 Å². The summed E-state index contributed by atoms with van der Waals surface area (Å²) in [5.74, 6) is -2.03. The number of nitrogens with zero attached hydrogens (tertiary/aromatic N) is 1. The Labute approximate surface area is 193 Å². The van der Waals surface area contributed by atoms with Crippen LogP contribution in [0.5, 0.6) is 5.75 Å². The van der Waals surface area contributed by atoms with Gasteiger partial charge in [0, 0.05) is 5.56 Å². The molecule has 2 N–H and O–H groups in total. The SMILES string of the molecule is COC(=O)c1ccc(CN2C(=O)N/C(=C\c3c(O[C@@H](C)C(=O)O)ccc4ccccc34)C2=O)o1. The molecule has 1 fully saturated rings. The number of hydrogen-bond donors (Lipinski definition) is 2. The molecule has 0 saturated carbocycles. The topological polar surface area (TPSA) is 135 Å². The number of furan rings is 1. The van der Waals surface area contributed by atoms with Crippen LogP contribution in [0.2, 0.25) is 0 Å². The lowest BCUT2D eigenvalue weighted by molar-refractivity contribution is -0.144. The van der Waals surface area contributed by atoms with E-state index in [2.05, 4.69) is 10.1 Å². The quantitative estimate of drug-likeness (QED) is 0.309. The lowest BCUT2D eigenvalue weighted by Crippen LogP contribution is -2.30. The van der Waals surface area contributed by atoms with Crippen molar-refractivity contribution in [1.82, 2.24) is 10.2 Å². The third-order valence-electron chi connectivity index (χ3n) is 5.20. The van der Waals surface area contributed by atoms with Gasteiger partial charge in [0.25, 0.3) is 5.91 Å². The van der Waals surface area contributed by atoms with E-state index in [0.717, 1.165) is 10.3 Å². The number of urea groups is 1. The average molecular weight is 464 g/mol. The predicted octanol–water partition coefficient (Wildman–Crippen LogP) is 3.16. The number of carboxylic acids is 1. The normalized spacial score (nSPS) is 15.5. The first-order valence-electron chi connectivity index (χ1n) is 10.2. The van der Waals surface area contributed by atoms with Crippen LogP contribution in [0, 0.1) is 0 Å². The molecule has 0 bridgehead atoms. The molecule has 1 atom stereocenters. The first-order chi connectivity index (χ1) is 16.3. The number of carboxylic acid groups (broad SMARTS) is 1. The highest BCUT2D eigenvalue weighted by atomic mass is 16.5. The van der Waals surface area contributed by atoms with E-state index >= 15 is 0 Å². The van der Waals surface area contributed by atoms with Crippen molar-refractivity contribution >= 4 is 40.7 Å². The molecule has 2 heterocycles. The number of rotatable bonds is 7. The number of amides is 3. The van der Waals surface area contributed by atoms with Gasteiger partial charge in [0.05, 0.1) is 13.7 Å². The van der Waals surface area contributed by atoms with E-state index in [4.69, 9.17) is 9.15 Å². The van der Waals surface area contributed by atoms with E-state index in [-0.39, 0.29) is 29.5 Å². The Bertz CT molecular complexity index is 1340. The standard InChI is InChI=1S/C24H20N2O8/c1-13(22(28)29)33-19-9-7-14-5-3-4-6-16(14)17(19)11-18-21(27)26(24(31)25-18)12-15-8-10-20(34-15)23(30)32-2/h3-11,13H,12H2,1-2H3,(H,25,31)(H,28,29)/b18-11-/t13-/m0/s1. The molecule has 3 amide bonds. The minimum absolute atomic E-state index is 0.0195. The van der Waals surface area contributed by atoms with E-state index in [1.165, 1.54) is 32.2 Å². The summed E-state index contributed by atoms with van der Waals surface area (Å²) in [4.78, 5) is 49.3. The fourth-order valence-corrected chi connectivity index (χ4v) is 3.46. The fourth-order valence-electron chi connectivity index (χ4n) is 3.46. The van der Waals surface area contributed by atoms with Gasteiger partial charge in [-0.25, -0.2) is 14.4 Å². The zero-order valence-corrected chi connectivity index (χ0v) is 18.2. The summed E-state index contributed by atoms with van der Waals surface area (Å²) in [6.45, 7) is 1.19. The number of nitrogens with one attached hydrogen (secondary N) is 1. The van der Waals surface area contributed by atoms with Gasteiger partial charge in [0.1, 0.15) is 17.2 Å². The van der Waals surface area contributed by atoms with Gasteiger partial charge in [-0.05, 0) is 42.0 Å². The number of carbonyl (C=O) groups excluding carboxylic acids is 3. The maximum absolute atomic E-state index is 13.0. The van der Waals surface area contributed by atoms with E-state index < -0.39 is 30.0 Å². The summed E-state index contributed by atoms with van der Waals surface area (Å²) in [6, 6.07) is 12.9. The number of carbonyl (C=O) groups is 4. The summed E-state index contributed by atoms with van der Waals surface area (Å²) in [6.07, 6.45) is 0.320. The molecule has 1 saturated heterocycles. The molecule has 10 nitrogen and oxygen atoms in total. The Hall–Kier alpha value is -4.60. The number of benzene rings is 2. The molecule has 10 heteroatoms. The highest BCUT2D eigenvalue weighted by molar-refractivity contribution is 6.14. The number of ether oxygens (including phenoxy) is 2. The van der Waals surface area contributed by atoms with Crippen LogP contribution in [0.3, 0.4) is 0 Å². The van der Waals surface area contributed by atoms with Crippen molar-refractivity contribution in [3.05, 3.63) is 71.3 Å². The molecule has 4 rings (SSSR count). The minimum atomic E-state index is -1.15. The van der Waals surface area contributed by atoms with Crippen LogP contribution in [-0.2, 0) is 20.9 Å². The molecule has 3 aromatic rings. The zero-order valence-electron chi connectivity index (χ0n) is 18.2. The van der Waals surface area contributed by atoms with E-state index in [1.807, 2.05) is 12.1 Å². The molecule has 34 heavy (non-hydrogen) atoms. The summed E-state index contributed by atoms with van der Waals surface area (Å²) in [7, 11) is 1.21. The second-order valence-corrected chi connectivity index (χ2v) is 7.43. The van der Waals surface area contributed by atoms with E-state index in [0.29, 0.717) is 10.9 Å². The van der Waals surface area contributed by atoms with Gasteiger partial charge in [-0.3, -0.25) is 9.69 Å². The molecule has 0 spiro atoms. The van der Waals surface area contributed by atoms with Gasteiger partial charge in [-0.15, -0.1) is 0 Å². The lowest BCUT2D eigenvalue weighted by Gasteiger charge is -2.15. The van der Waals surface area contributed by atoms with Crippen LogP contribution in [-0.4, -0.2) is 47.1 Å². The van der Waals surface area contributed by atoms with Gasteiger partial charge >= 0.3 is 18.0 Å².